The lowest BCUT2D eigenvalue weighted by Gasteiger charge is -2.43. The average Bonchev–Trinajstić information content (AvgIpc) is 3.29. The fraction of sp³-hybridized carbons (Fsp3) is 0.353. The summed E-state index contributed by atoms with van der Waals surface area (Å²) in [5.41, 5.74) is 1.19. The first-order chi connectivity index (χ1) is 12.7. The zero-order valence-corrected chi connectivity index (χ0v) is 14.7. The molecule has 26 heavy (non-hydrogen) atoms. The molecule has 0 bridgehead atoms. The number of hydrogen-bond donors (Lipinski definition) is 0. The molecule has 1 saturated carbocycles. The largest absolute Gasteiger partial charge is 0.345 e. The van der Waals surface area contributed by atoms with E-state index in [-0.39, 0.29) is 10.4 Å². The number of allylic oxidation sites excluding steroid dienone is 4. The lowest BCUT2D eigenvalue weighted by Crippen LogP contribution is -2.55. The van der Waals surface area contributed by atoms with Gasteiger partial charge in [0.05, 0.1) is 16.8 Å². The third-order valence-electron chi connectivity index (χ3n) is 5.23. The van der Waals surface area contributed by atoms with Crippen molar-refractivity contribution in [1.82, 2.24) is 14.9 Å². The van der Waals surface area contributed by atoms with E-state index in [9.17, 15) is 8.42 Å². The van der Waals surface area contributed by atoms with E-state index in [1.165, 1.54) is 0 Å². The van der Waals surface area contributed by atoms with Crippen molar-refractivity contribution in [3.63, 3.8) is 0 Å². The summed E-state index contributed by atoms with van der Waals surface area (Å²) in [4.78, 5) is 13.4. The molecule has 0 unspecified atom stereocenters. The summed E-state index contributed by atoms with van der Waals surface area (Å²) in [5, 5.41) is 8.55. The van der Waals surface area contributed by atoms with E-state index in [0.29, 0.717) is 17.1 Å². The van der Waals surface area contributed by atoms with Crippen molar-refractivity contribution in [3.8, 4) is 0 Å². The molecule has 2 aliphatic heterocycles. The summed E-state index contributed by atoms with van der Waals surface area (Å²) < 4.78 is 23.3. The number of nitrogens with zero attached hydrogens (tertiary/aromatic N) is 6. The topological polar surface area (TPSA) is 91.1 Å². The van der Waals surface area contributed by atoms with E-state index in [1.807, 2.05) is 6.07 Å². The van der Waals surface area contributed by atoms with Gasteiger partial charge in [-0.25, -0.2) is 9.97 Å². The molecule has 5 rings (SSSR count). The number of aromatic nitrogens is 2. The van der Waals surface area contributed by atoms with Crippen molar-refractivity contribution in [1.29, 1.82) is 0 Å². The van der Waals surface area contributed by atoms with Crippen molar-refractivity contribution in [2.45, 2.75) is 18.4 Å². The van der Waals surface area contributed by atoms with Crippen molar-refractivity contribution >= 4 is 21.1 Å². The van der Waals surface area contributed by atoms with E-state index >= 15 is 0 Å². The fourth-order valence-corrected chi connectivity index (χ4v) is 4.36. The zero-order chi connectivity index (χ0) is 17.7. The van der Waals surface area contributed by atoms with Crippen LogP contribution in [0.3, 0.4) is 0 Å². The maximum Gasteiger partial charge on any atom is 0.225 e. The highest BCUT2D eigenvalue weighted by Gasteiger charge is 2.53. The van der Waals surface area contributed by atoms with Gasteiger partial charge in [0.2, 0.25) is 16.2 Å². The number of rotatable bonds is 2. The fourth-order valence-electron chi connectivity index (χ4n) is 3.81. The molecule has 0 amide bonds. The van der Waals surface area contributed by atoms with Crippen LogP contribution in [-0.4, -0.2) is 53.3 Å². The van der Waals surface area contributed by atoms with Gasteiger partial charge in [0.1, 0.15) is 4.86 Å². The van der Waals surface area contributed by atoms with Gasteiger partial charge in [-0.1, -0.05) is 6.08 Å². The van der Waals surface area contributed by atoms with Gasteiger partial charge in [-0.2, -0.15) is 8.42 Å². The highest BCUT2D eigenvalue weighted by molar-refractivity contribution is 7.73. The van der Waals surface area contributed by atoms with Crippen molar-refractivity contribution in [3.05, 3.63) is 53.8 Å². The lowest BCUT2D eigenvalue weighted by atomic mass is 10.0. The Labute approximate surface area is 151 Å². The Balaban J connectivity index is 1.52. The van der Waals surface area contributed by atoms with Crippen molar-refractivity contribution < 1.29 is 8.42 Å². The molecule has 1 aromatic heterocycles. The van der Waals surface area contributed by atoms with Gasteiger partial charge in [-0.3, -0.25) is 0 Å². The molecule has 3 heterocycles. The van der Waals surface area contributed by atoms with Gasteiger partial charge in [-0.05, 0) is 31.1 Å². The van der Waals surface area contributed by atoms with Gasteiger partial charge in [0.15, 0.2) is 5.82 Å². The number of piperazine rings is 1. The minimum atomic E-state index is -2.32. The lowest BCUT2D eigenvalue weighted by molar-refractivity contribution is 0.203. The van der Waals surface area contributed by atoms with Crippen LogP contribution in [0.15, 0.2) is 64.0 Å². The standard InChI is InChI=1S/C17H16N6O2S/c24-26(25)13-4-1-3-12-14(13)15(21-20-12)23-10-9-22(11-17(23)5-6-17)16-18-7-2-8-19-16/h1-4,7-8H,5-6,9-11H2. The normalized spacial score (nSPS) is 22.8. The maximum atomic E-state index is 11.7. The summed E-state index contributed by atoms with van der Waals surface area (Å²) in [6, 6.07) is 1.81. The molecule has 1 aromatic rings. The second-order valence-electron chi connectivity index (χ2n) is 6.75. The monoisotopic (exact) mass is 368 g/mol. The van der Waals surface area contributed by atoms with Crippen LogP contribution >= 0.6 is 0 Å². The van der Waals surface area contributed by atoms with Crippen LogP contribution in [0, 0.1) is 0 Å². The molecule has 132 valence electrons. The molecule has 0 radical (unpaired) electrons. The Hall–Kier alpha value is -2.81. The molecule has 0 N–H and O–H groups in total. The number of fused-ring (bicyclic) bond motifs is 1. The molecule has 2 aliphatic carbocycles. The second kappa shape index (κ2) is 5.60. The van der Waals surface area contributed by atoms with Gasteiger partial charge >= 0.3 is 0 Å². The van der Waals surface area contributed by atoms with E-state index < -0.39 is 10.3 Å². The molecule has 9 heteroatoms. The minimum Gasteiger partial charge on any atom is -0.345 e. The van der Waals surface area contributed by atoms with Gasteiger partial charge < -0.3 is 9.80 Å². The van der Waals surface area contributed by atoms with Gasteiger partial charge in [0, 0.05) is 32.0 Å². The van der Waals surface area contributed by atoms with Crippen molar-refractivity contribution in [2.75, 3.05) is 24.5 Å². The predicted octanol–water partition coefficient (Wildman–Crippen LogP) is 1.31. The van der Waals surface area contributed by atoms with E-state index in [1.54, 1.807) is 30.6 Å². The maximum absolute atomic E-state index is 11.7. The summed E-state index contributed by atoms with van der Waals surface area (Å²) in [6.07, 6.45) is 10.7. The van der Waals surface area contributed by atoms with Gasteiger partial charge in [0.25, 0.3) is 0 Å². The van der Waals surface area contributed by atoms with Crippen molar-refractivity contribution in [2.24, 2.45) is 10.2 Å². The minimum absolute atomic E-state index is 0.0507. The molecule has 1 saturated heterocycles. The molecule has 8 nitrogen and oxygen atoms in total. The van der Waals surface area contributed by atoms with Crippen LogP contribution < -0.4 is 4.90 Å². The number of hydrogen-bond acceptors (Lipinski definition) is 8. The highest BCUT2D eigenvalue weighted by Crippen LogP contribution is 2.48. The Kier molecular flexibility index (Phi) is 3.33. The van der Waals surface area contributed by atoms with Crippen LogP contribution in [-0.2, 0) is 10.3 Å². The summed E-state index contributed by atoms with van der Waals surface area (Å²) >= 11 is 0. The van der Waals surface area contributed by atoms with Crippen LogP contribution in [0.5, 0.6) is 0 Å². The van der Waals surface area contributed by atoms with E-state index in [0.717, 1.165) is 38.4 Å². The third kappa shape index (κ3) is 2.31. The summed E-state index contributed by atoms with van der Waals surface area (Å²) in [5.74, 6) is 1.41. The average molecular weight is 368 g/mol. The molecule has 2 fully saturated rings. The summed E-state index contributed by atoms with van der Waals surface area (Å²) in [6.45, 7) is 2.28. The predicted molar refractivity (Wildman–Crippen MR) is 95.9 cm³/mol. The second-order valence-corrected chi connectivity index (χ2v) is 7.66. The first-order valence-electron chi connectivity index (χ1n) is 8.49. The third-order valence-corrected chi connectivity index (χ3v) is 5.93. The molecular formula is C17H16N6O2S. The Bertz CT molecular complexity index is 1030. The Morgan fingerprint density at radius 2 is 1.88 bits per heavy atom. The quantitative estimate of drug-likeness (QED) is 0.731. The molecule has 1 spiro atoms. The first kappa shape index (κ1) is 15.4. The Morgan fingerprint density at radius 3 is 2.62 bits per heavy atom. The highest BCUT2D eigenvalue weighted by atomic mass is 32.2. The smallest absolute Gasteiger partial charge is 0.225 e. The Morgan fingerprint density at radius 1 is 1.08 bits per heavy atom. The molecule has 0 atom stereocenters. The van der Waals surface area contributed by atoms with E-state index in [2.05, 4.69) is 30.0 Å². The van der Waals surface area contributed by atoms with Gasteiger partial charge in [-0.15, -0.1) is 10.2 Å². The first-order valence-corrected chi connectivity index (χ1v) is 9.56. The molecular weight excluding hydrogens is 352 g/mol. The van der Waals surface area contributed by atoms with Crippen LogP contribution in [0.25, 0.3) is 0 Å². The zero-order valence-electron chi connectivity index (χ0n) is 13.9. The van der Waals surface area contributed by atoms with Crippen LogP contribution in [0.2, 0.25) is 0 Å². The van der Waals surface area contributed by atoms with Crippen LogP contribution in [0.1, 0.15) is 12.8 Å². The summed E-state index contributed by atoms with van der Waals surface area (Å²) in [7, 11) is -2.32. The molecule has 4 aliphatic rings. The number of azo groups is 1. The van der Waals surface area contributed by atoms with Crippen LogP contribution in [0.4, 0.5) is 5.95 Å². The van der Waals surface area contributed by atoms with E-state index in [4.69, 9.17) is 0 Å². The SMILES string of the molecule is O=S(=O)=C1C=CC=C2N=NC(N3CCN(c4ncccn4)CC34CC4)=C21. The molecule has 0 aromatic carbocycles. The number of anilines is 1.